The monoisotopic (exact) mass is 424 g/mol. The second-order valence-electron chi connectivity index (χ2n) is 7.69. The van der Waals surface area contributed by atoms with Gasteiger partial charge in [0.15, 0.2) is 0 Å². The van der Waals surface area contributed by atoms with E-state index in [0.717, 1.165) is 27.5 Å². The lowest BCUT2D eigenvalue weighted by Gasteiger charge is -2.18. The van der Waals surface area contributed by atoms with Crippen LogP contribution in [0.2, 0.25) is 0 Å². The molecule has 5 rings (SSSR count). The van der Waals surface area contributed by atoms with Gasteiger partial charge in [-0.15, -0.1) is 0 Å². The van der Waals surface area contributed by atoms with Crippen LogP contribution in [0.3, 0.4) is 0 Å². The minimum atomic E-state index is -0.412. The summed E-state index contributed by atoms with van der Waals surface area (Å²) in [6, 6.07) is 27.3. The van der Waals surface area contributed by atoms with E-state index in [1.165, 1.54) is 0 Å². The summed E-state index contributed by atoms with van der Waals surface area (Å²) in [5.41, 5.74) is 4.37. The average molecular weight is 425 g/mol. The number of aromatic nitrogens is 3. The fourth-order valence-electron chi connectivity index (χ4n) is 4.09. The van der Waals surface area contributed by atoms with Gasteiger partial charge in [0.25, 0.3) is 5.91 Å². The summed E-state index contributed by atoms with van der Waals surface area (Å²) in [7, 11) is 1.67. The summed E-state index contributed by atoms with van der Waals surface area (Å²) < 4.78 is 7.29. The number of carbonyl (C=O) groups is 1. The Morgan fingerprint density at radius 2 is 1.78 bits per heavy atom. The maximum Gasteiger partial charge on any atom is 0.268 e. The Morgan fingerprint density at radius 1 is 1.03 bits per heavy atom. The number of nitrogens with zero attached hydrogens (tertiary/aromatic N) is 2. The molecule has 5 aromatic rings. The number of para-hydroxylation sites is 3. The molecule has 0 radical (unpaired) electrons. The molecule has 0 bridgehead atoms. The molecule has 0 aliphatic carbocycles. The number of rotatable bonds is 7. The van der Waals surface area contributed by atoms with Crippen molar-refractivity contribution in [2.24, 2.45) is 0 Å². The Morgan fingerprint density at radius 3 is 2.59 bits per heavy atom. The van der Waals surface area contributed by atoms with Crippen molar-refractivity contribution >= 4 is 27.8 Å². The van der Waals surface area contributed by atoms with Crippen LogP contribution in [-0.2, 0) is 11.3 Å². The minimum absolute atomic E-state index is 0.161. The smallest absolute Gasteiger partial charge is 0.268 e. The first-order valence-electron chi connectivity index (χ1n) is 10.6. The van der Waals surface area contributed by atoms with Gasteiger partial charge in [-0.3, -0.25) is 4.79 Å². The molecule has 6 heteroatoms. The Hall–Kier alpha value is -3.90. The summed E-state index contributed by atoms with van der Waals surface area (Å²) in [5.74, 6) is 0.539. The van der Waals surface area contributed by atoms with Crippen molar-refractivity contribution in [2.45, 2.75) is 12.6 Å². The lowest BCUT2D eigenvalue weighted by atomic mass is 10.1. The molecule has 1 atom stereocenters. The van der Waals surface area contributed by atoms with E-state index in [1.54, 1.807) is 7.11 Å². The number of fused-ring (bicyclic) bond motifs is 2. The van der Waals surface area contributed by atoms with E-state index in [9.17, 15) is 4.79 Å². The Kier molecular flexibility index (Phi) is 5.44. The fourth-order valence-corrected chi connectivity index (χ4v) is 4.09. The van der Waals surface area contributed by atoms with Crippen LogP contribution in [0.5, 0.6) is 0 Å². The molecule has 0 saturated heterocycles. The number of ether oxygens (including phenoxy) is 1. The maximum atomic E-state index is 13.6. The van der Waals surface area contributed by atoms with Crippen molar-refractivity contribution in [2.75, 3.05) is 13.7 Å². The molecule has 1 amide bonds. The number of imidazole rings is 1. The second-order valence-corrected chi connectivity index (χ2v) is 7.69. The van der Waals surface area contributed by atoms with Gasteiger partial charge in [-0.2, -0.15) is 0 Å². The van der Waals surface area contributed by atoms with E-state index >= 15 is 0 Å². The van der Waals surface area contributed by atoms with Gasteiger partial charge in [-0.05, 0) is 29.8 Å². The van der Waals surface area contributed by atoms with Crippen LogP contribution in [0.25, 0.3) is 21.9 Å². The first kappa shape index (κ1) is 20.0. The lowest BCUT2D eigenvalue weighted by molar-refractivity contribution is 0.0930. The molecule has 32 heavy (non-hydrogen) atoms. The van der Waals surface area contributed by atoms with E-state index in [2.05, 4.69) is 10.3 Å². The van der Waals surface area contributed by atoms with Crippen molar-refractivity contribution in [1.29, 1.82) is 0 Å². The van der Waals surface area contributed by atoms with Crippen LogP contribution in [-0.4, -0.2) is 34.2 Å². The standard InChI is InChI=1S/C26H24N4O2/c1-32-16-15-30-22-14-8-5-11-19(22)17-23(30)26(31)29-24(18-9-3-2-4-10-18)25-27-20-12-6-7-13-21(20)28-25/h2-14,17,24H,15-16H2,1H3,(H,27,28)(H,29,31)/t24-/m1/s1. The number of hydrogen-bond donors (Lipinski definition) is 2. The molecule has 2 aromatic heterocycles. The van der Waals surface area contributed by atoms with Gasteiger partial charge in [-0.1, -0.05) is 60.7 Å². The van der Waals surface area contributed by atoms with Crippen molar-refractivity contribution < 1.29 is 9.53 Å². The molecule has 0 saturated carbocycles. The van der Waals surface area contributed by atoms with Gasteiger partial charge >= 0.3 is 0 Å². The number of H-pyrrole nitrogens is 1. The summed E-state index contributed by atoms with van der Waals surface area (Å²) in [4.78, 5) is 21.7. The number of carbonyl (C=O) groups excluding carboxylic acids is 1. The number of amides is 1. The molecule has 2 heterocycles. The van der Waals surface area contributed by atoms with Crippen LogP contribution >= 0.6 is 0 Å². The fraction of sp³-hybridized carbons (Fsp3) is 0.154. The molecular weight excluding hydrogens is 400 g/mol. The number of hydrogen-bond acceptors (Lipinski definition) is 3. The lowest BCUT2D eigenvalue weighted by Crippen LogP contribution is -2.31. The average Bonchev–Trinajstić information content (AvgIpc) is 3.43. The predicted molar refractivity (Wildman–Crippen MR) is 126 cm³/mol. The molecule has 160 valence electrons. The Labute approximate surface area is 185 Å². The zero-order chi connectivity index (χ0) is 21.9. The predicted octanol–water partition coefficient (Wildman–Crippen LogP) is 4.68. The Balaban J connectivity index is 1.55. The van der Waals surface area contributed by atoms with Gasteiger partial charge in [-0.25, -0.2) is 4.98 Å². The third kappa shape index (κ3) is 3.76. The highest BCUT2D eigenvalue weighted by atomic mass is 16.5. The Bertz CT molecular complexity index is 1340. The molecule has 3 aromatic carbocycles. The third-order valence-corrected chi connectivity index (χ3v) is 5.65. The molecule has 0 aliphatic rings. The van der Waals surface area contributed by atoms with Crippen LogP contribution < -0.4 is 5.32 Å². The first-order chi connectivity index (χ1) is 15.7. The van der Waals surface area contributed by atoms with Crippen LogP contribution in [0.1, 0.15) is 27.9 Å². The molecule has 0 spiro atoms. The van der Waals surface area contributed by atoms with Gasteiger partial charge in [0.2, 0.25) is 0 Å². The van der Waals surface area contributed by atoms with E-state index in [4.69, 9.17) is 9.72 Å². The van der Waals surface area contributed by atoms with Gasteiger partial charge < -0.3 is 19.6 Å². The second kappa shape index (κ2) is 8.69. The van der Waals surface area contributed by atoms with Gasteiger partial charge in [0.05, 0.1) is 17.6 Å². The summed E-state index contributed by atoms with van der Waals surface area (Å²) in [6.45, 7) is 1.11. The van der Waals surface area contributed by atoms with Gasteiger partial charge in [0, 0.05) is 24.6 Å². The molecule has 0 unspecified atom stereocenters. The highest BCUT2D eigenvalue weighted by Crippen LogP contribution is 2.25. The van der Waals surface area contributed by atoms with Crippen molar-refractivity contribution in [3.05, 3.63) is 102 Å². The number of nitrogens with one attached hydrogen (secondary N) is 2. The van der Waals surface area contributed by atoms with Crippen molar-refractivity contribution in [1.82, 2.24) is 19.9 Å². The third-order valence-electron chi connectivity index (χ3n) is 5.65. The zero-order valence-corrected chi connectivity index (χ0v) is 17.8. The highest BCUT2D eigenvalue weighted by molar-refractivity contribution is 5.99. The zero-order valence-electron chi connectivity index (χ0n) is 17.8. The van der Waals surface area contributed by atoms with Crippen molar-refractivity contribution in [3.8, 4) is 0 Å². The molecule has 6 nitrogen and oxygen atoms in total. The van der Waals surface area contributed by atoms with Crippen LogP contribution in [0.15, 0.2) is 84.9 Å². The number of methoxy groups -OCH3 is 1. The summed E-state index contributed by atoms with van der Waals surface area (Å²) in [5, 5.41) is 4.23. The summed E-state index contributed by atoms with van der Waals surface area (Å²) >= 11 is 0. The molecule has 0 aliphatic heterocycles. The van der Waals surface area contributed by atoms with Gasteiger partial charge in [0.1, 0.15) is 17.6 Å². The highest BCUT2D eigenvalue weighted by Gasteiger charge is 2.23. The van der Waals surface area contributed by atoms with Crippen LogP contribution in [0.4, 0.5) is 0 Å². The first-order valence-corrected chi connectivity index (χ1v) is 10.6. The van der Waals surface area contributed by atoms with E-state index < -0.39 is 6.04 Å². The minimum Gasteiger partial charge on any atom is -0.383 e. The van der Waals surface area contributed by atoms with E-state index in [-0.39, 0.29) is 5.91 Å². The maximum absolute atomic E-state index is 13.6. The quantitative estimate of drug-likeness (QED) is 0.398. The molecule has 0 fully saturated rings. The van der Waals surface area contributed by atoms with E-state index in [1.807, 2.05) is 89.5 Å². The van der Waals surface area contributed by atoms with E-state index in [0.29, 0.717) is 24.7 Å². The molecular formula is C26H24N4O2. The number of aromatic amines is 1. The largest absolute Gasteiger partial charge is 0.383 e. The van der Waals surface area contributed by atoms with Crippen molar-refractivity contribution in [3.63, 3.8) is 0 Å². The normalized spacial score (nSPS) is 12.3. The summed E-state index contributed by atoms with van der Waals surface area (Å²) in [6.07, 6.45) is 0. The number of benzene rings is 3. The SMILES string of the molecule is COCCn1c(C(=O)N[C@H](c2ccccc2)c2nc3ccccc3[nH]2)cc2ccccc21. The topological polar surface area (TPSA) is 71.9 Å². The molecule has 2 N–H and O–H groups in total. The van der Waals surface area contributed by atoms with Crippen LogP contribution in [0, 0.1) is 0 Å².